The molecule has 0 saturated carbocycles. The first-order valence-electron chi connectivity index (χ1n) is 7.70. The van der Waals surface area contributed by atoms with Crippen LogP contribution in [0.1, 0.15) is 24.2 Å². The van der Waals surface area contributed by atoms with Gasteiger partial charge in [-0.25, -0.2) is 4.79 Å². The summed E-state index contributed by atoms with van der Waals surface area (Å²) in [6, 6.07) is 18.7. The van der Waals surface area contributed by atoms with Gasteiger partial charge in [0.1, 0.15) is 11.5 Å². The Balaban J connectivity index is 1.79. The molecule has 0 fully saturated rings. The highest BCUT2D eigenvalue weighted by molar-refractivity contribution is 9.10. The van der Waals surface area contributed by atoms with Gasteiger partial charge in [-0.3, -0.25) is 0 Å². The van der Waals surface area contributed by atoms with Gasteiger partial charge >= 0.3 is 5.97 Å². The zero-order chi connectivity index (χ0) is 17.1. The van der Waals surface area contributed by atoms with Crippen LogP contribution in [0.25, 0.3) is 10.8 Å². The number of carbonyl (C=O) groups is 1. The van der Waals surface area contributed by atoms with Crippen LogP contribution >= 0.6 is 15.9 Å². The molecule has 4 heteroatoms. The summed E-state index contributed by atoms with van der Waals surface area (Å²) in [6.45, 7) is 3.91. The van der Waals surface area contributed by atoms with E-state index in [1.54, 1.807) is 24.3 Å². The van der Waals surface area contributed by atoms with Gasteiger partial charge in [0, 0.05) is 0 Å². The average Bonchev–Trinajstić information content (AvgIpc) is 2.56. The van der Waals surface area contributed by atoms with Crippen LogP contribution in [-0.4, -0.2) is 12.1 Å². The number of hydrogen-bond donors (Lipinski definition) is 0. The van der Waals surface area contributed by atoms with E-state index in [1.807, 2.05) is 50.2 Å². The summed E-state index contributed by atoms with van der Waals surface area (Å²) in [5, 5.41) is 2.14. The second-order valence-electron chi connectivity index (χ2n) is 5.71. The zero-order valence-corrected chi connectivity index (χ0v) is 15.0. The van der Waals surface area contributed by atoms with Crippen LogP contribution < -0.4 is 9.47 Å². The minimum atomic E-state index is -0.401. The van der Waals surface area contributed by atoms with Gasteiger partial charge in [0.25, 0.3) is 0 Å². The Morgan fingerprint density at radius 1 is 0.958 bits per heavy atom. The molecule has 0 radical (unpaired) electrons. The molecule has 3 aromatic carbocycles. The minimum Gasteiger partial charge on any atom is -0.490 e. The molecular weight excluding hydrogens is 368 g/mol. The molecule has 0 saturated heterocycles. The van der Waals surface area contributed by atoms with E-state index < -0.39 is 5.97 Å². The summed E-state index contributed by atoms with van der Waals surface area (Å²) in [4.78, 5) is 12.4. The van der Waals surface area contributed by atoms with E-state index in [0.717, 1.165) is 15.2 Å². The third kappa shape index (κ3) is 3.77. The van der Waals surface area contributed by atoms with E-state index in [1.165, 1.54) is 0 Å². The maximum absolute atomic E-state index is 12.4. The zero-order valence-electron chi connectivity index (χ0n) is 13.5. The fourth-order valence-corrected chi connectivity index (χ4v) is 2.85. The van der Waals surface area contributed by atoms with Crippen LogP contribution in [0.4, 0.5) is 0 Å². The van der Waals surface area contributed by atoms with Crippen LogP contribution in [-0.2, 0) is 0 Å². The highest BCUT2D eigenvalue weighted by atomic mass is 79.9. The van der Waals surface area contributed by atoms with Crippen LogP contribution in [0.3, 0.4) is 0 Å². The molecule has 3 aromatic rings. The summed E-state index contributed by atoms with van der Waals surface area (Å²) in [7, 11) is 0. The predicted octanol–water partition coefficient (Wildman–Crippen LogP) is 5.61. The molecule has 0 unspecified atom stereocenters. The Kier molecular flexibility index (Phi) is 4.86. The number of ether oxygens (including phenoxy) is 2. The molecule has 0 heterocycles. The van der Waals surface area contributed by atoms with E-state index in [0.29, 0.717) is 17.1 Å². The number of halogens is 1. The first-order valence-corrected chi connectivity index (χ1v) is 8.49. The number of esters is 1. The lowest BCUT2D eigenvalue weighted by Crippen LogP contribution is -2.10. The van der Waals surface area contributed by atoms with Crippen LogP contribution in [0, 0.1) is 0 Å². The third-order valence-electron chi connectivity index (χ3n) is 3.46. The van der Waals surface area contributed by atoms with Crippen molar-refractivity contribution in [3.05, 3.63) is 70.7 Å². The van der Waals surface area contributed by atoms with Gasteiger partial charge < -0.3 is 9.47 Å². The normalized spacial score (nSPS) is 10.8. The third-order valence-corrected chi connectivity index (χ3v) is 4.08. The van der Waals surface area contributed by atoms with Crippen molar-refractivity contribution in [1.29, 1.82) is 0 Å². The lowest BCUT2D eigenvalue weighted by atomic mass is 10.1. The van der Waals surface area contributed by atoms with Crippen molar-refractivity contribution in [2.75, 3.05) is 0 Å². The van der Waals surface area contributed by atoms with E-state index in [2.05, 4.69) is 15.9 Å². The molecule has 24 heavy (non-hydrogen) atoms. The van der Waals surface area contributed by atoms with E-state index in [4.69, 9.17) is 9.47 Å². The first kappa shape index (κ1) is 16.5. The number of carbonyl (C=O) groups excluding carboxylic acids is 1. The molecule has 0 bridgehead atoms. The molecule has 3 nitrogen and oxygen atoms in total. The second-order valence-corrected chi connectivity index (χ2v) is 6.56. The maximum atomic E-state index is 12.4. The van der Waals surface area contributed by atoms with Crippen molar-refractivity contribution in [1.82, 2.24) is 0 Å². The largest absolute Gasteiger partial charge is 0.490 e. The molecular formula is C20H17BrO3. The summed E-state index contributed by atoms with van der Waals surface area (Å²) in [5.74, 6) is 0.826. The molecule has 0 aliphatic carbocycles. The fourth-order valence-electron chi connectivity index (χ4n) is 2.37. The number of fused-ring (bicyclic) bond motifs is 1. The van der Waals surface area contributed by atoms with Crippen molar-refractivity contribution in [2.24, 2.45) is 0 Å². The SMILES string of the molecule is CC(C)Oc1ccc(C(=O)Oc2ccc3ccccc3c2)cc1Br. The lowest BCUT2D eigenvalue weighted by Gasteiger charge is -2.12. The van der Waals surface area contributed by atoms with Crippen LogP contribution in [0.15, 0.2) is 65.1 Å². The van der Waals surface area contributed by atoms with Crippen LogP contribution in [0.2, 0.25) is 0 Å². The molecule has 0 aliphatic heterocycles. The predicted molar refractivity (Wildman–Crippen MR) is 98.8 cm³/mol. The van der Waals surface area contributed by atoms with Crippen molar-refractivity contribution in [2.45, 2.75) is 20.0 Å². The van der Waals surface area contributed by atoms with Gasteiger partial charge in [-0.1, -0.05) is 30.3 Å². The Morgan fingerprint density at radius 3 is 2.42 bits per heavy atom. The molecule has 0 spiro atoms. The van der Waals surface area contributed by atoms with E-state index >= 15 is 0 Å². The van der Waals surface area contributed by atoms with Gasteiger partial charge in [0.05, 0.1) is 16.1 Å². The molecule has 0 atom stereocenters. The molecule has 3 rings (SSSR count). The fraction of sp³-hybridized carbons (Fsp3) is 0.150. The van der Waals surface area contributed by atoms with E-state index in [-0.39, 0.29) is 6.10 Å². The number of rotatable bonds is 4. The Morgan fingerprint density at radius 2 is 1.71 bits per heavy atom. The molecule has 0 aromatic heterocycles. The monoisotopic (exact) mass is 384 g/mol. The summed E-state index contributed by atoms with van der Waals surface area (Å²) >= 11 is 3.43. The minimum absolute atomic E-state index is 0.0664. The van der Waals surface area contributed by atoms with Crippen LogP contribution in [0.5, 0.6) is 11.5 Å². The summed E-state index contributed by atoms with van der Waals surface area (Å²) in [6.07, 6.45) is 0.0664. The van der Waals surface area contributed by atoms with Gasteiger partial charge in [-0.2, -0.15) is 0 Å². The highest BCUT2D eigenvalue weighted by Crippen LogP contribution is 2.28. The average molecular weight is 385 g/mol. The molecule has 0 aliphatic rings. The Hall–Kier alpha value is -2.33. The molecule has 0 amide bonds. The van der Waals surface area contributed by atoms with E-state index in [9.17, 15) is 4.79 Å². The summed E-state index contributed by atoms with van der Waals surface area (Å²) < 4.78 is 11.9. The van der Waals surface area contributed by atoms with Crippen molar-refractivity contribution in [3.63, 3.8) is 0 Å². The standard InChI is InChI=1S/C20H17BrO3/c1-13(2)23-19-10-8-16(12-18(19)21)20(22)24-17-9-7-14-5-3-4-6-15(14)11-17/h3-13H,1-2H3. The molecule has 122 valence electrons. The molecule has 0 N–H and O–H groups in total. The van der Waals surface area contributed by atoms with Crippen molar-refractivity contribution >= 4 is 32.7 Å². The van der Waals surface area contributed by atoms with Gasteiger partial charge in [-0.15, -0.1) is 0 Å². The van der Waals surface area contributed by atoms with Gasteiger partial charge in [-0.05, 0) is 70.9 Å². The lowest BCUT2D eigenvalue weighted by molar-refractivity contribution is 0.0735. The number of benzene rings is 3. The number of hydrogen-bond acceptors (Lipinski definition) is 3. The van der Waals surface area contributed by atoms with Crippen molar-refractivity contribution < 1.29 is 14.3 Å². The smallest absolute Gasteiger partial charge is 0.343 e. The topological polar surface area (TPSA) is 35.5 Å². The Bertz CT molecular complexity index is 887. The summed E-state index contributed by atoms with van der Waals surface area (Å²) in [5.41, 5.74) is 0.464. The Labute approximate surface area is 149 Å². The van der Waals surface area contributed by atoms with Crippen molar-refractivity contribution in [3.8, 4) is 11.5 Å². The quantitative estimate of drug-likeness (QED) is 0.433. The van der Waals surface area contributed by atoms with Gasteiger partial charge in [0.2, 0.25) is 0 Å². The maximum Gasteiger partial charge on any atom is 0.343 e. The highest BCUT2D eigenvalue weighted by Gasteiger charge is 2.12. The van der Waals surface area contributed by atoms with Gasteiger partial charge in [0.15, 0.2) is 0 Å². The first-order chi connectivity index (χ1) is 11.5. The second kappa shape index (κ2) is 7.05.